The molecule has 2 aromatic carbocycles. The van der Waals surface area contributed by atoms with Crippen molar-refractivity contribution in [3.63, 3.8) is 0 Å². The Hall–Kier alpha value is -2.05. The van der Waals surface area contributed by atoms with Crippen molar-refractivity contribution in [1.82, 2.24) is 4.31 Å². The van der Waals surface area contributed by atoms with Crippen molar-refractivity contribution in [3.05, 3.63) is 54.6 Å². The van der Waals surface area contributed by atoms with Gasteiger partial charge in [0, 0.05) is 32.2 Å². The lowest BCUT2D eigenvalue weighted by molar-refractivity contribution is 0.378. The van der Waals surface area contributed by atoms with E-state index in [1.54, 1.807) is 31.4 Å². The number of benzene rings is 2. The summed E-state index contributed by atoms with van der Waals surface area (Å²) < 4.78 is 32.1. The van der Waals surface area contributed by atoms with E-state index in [1.807, 2.05) is 24.3 Å². The van der Waals surface area contributed by atoms with Gasteiger partial charge >= 0.3 is 0 Å². The Morgan fingerprint density at radius 2 is 1.70 bits per heavy atom. The van der Waals surface area contributed by atoms with Crippen molar-refractivity contribution in [3.8, 4) is 5.75 Å². The summed E-state index contributed by atoms with van der Waals surface area (Å²) in [7, 11) is -1.82. The first kappa shape index (κ1) is 15.8. The zero-order chi connectivity index (χ0) is 16.3. The van der Waals surface area contributed by atoms with Gasteiger partial charge in [0.25, 0.3) is 0 Å². The summed E-state index contributed by atoms with van der Waals surface area (Å²) >= 11 is 0. The lowest BCUT2D eigenvalue weighted by Gasteiger charge is -2.35. The van der Waals surface area contributed by atoms with E-state index in [-0.39, 0.29) is 4.90 Å². The topological polar surface area (TPSA) is 49.9 Å². The van der Waals surface area contributed by atoms with Crippen molar-refractivity contribution in [1.29, 1.82) is 0 Å². The fourth-order valence-corrected chi connectivity index (χ4v) is 4.13. The molecule has 2 aromatic rings. The predicted molar refractivity (Wildman–Crippen MR) is 89.2 cm³/mol. The van der Waals surface area contributed by atoms with Gasteiger partial charge in [0.05, 0.1) is 17.7 Å². The smallest absolute Gasteiger partial charge is 0.243 e. The highest BCUT2D eigenvalue weighted by Gasteiger charge is 2.29. The minimum absolute atomic E-state index is 0.228. The summed E-state index contributed by atoms with van der Waals surface area (Å²) in [5.74, 6) is 0.806. The quantitative estimate of drug-likeness (QED) is 0.860. The summed E-state index contributed by atoms with van der Waals surface area (Å²) in [5.41, 5.74) is 0.998. The normalized spacial score (nSPS) is 16.3. The van der Waals surface area contributed by atoms with Crippen molar-refractivity contribution >= 4 is 15.7 Å². The van der Waals surface area contributed by atoms with E-state index in [0.717, 1.165) is 11.4 Å². The number of hydrogen-bond donors (Lipinski definition) is 0. The third-order valence-electron chi connectivity index (χ3n) is 3.96. The van der Waals surface area contributed by atoms with Crippen LogP contribution in [0.4, 0.5) is 5.69 Å². The largest absolute Gasteiger partial charge is 0.495 e. The molecule has 0 bridgehead atoms. The van der Waals surface area contributed by atoms with Crippen LogP contribution in [-0.2, 0) is 10.0 Å². The number of hydrogen-bond acceptors (Lipinski definition) is 4. The fourth-order valence-electron chi connectivity index (χ4n) is 2.74. The number of nitrogens with zero attached hydrogens (tertiary/aromatic N) is 2. The lowest BCUT2D eigenvalue weighted by atomic mass is 10.2. The van der Waals surface area contributed by atoms with Crippen molar-refractivity contribution in [2.45, 2.75) is 4.90 Å². The SMILES string of the molecule is COc1ccccc1N1CCN(S(=O)(=O)c2[c]cccc2)CC1. The molecule has 5 nitrogen and oxygen atoms in total. The van der Waals surface area contributed by atoms with Gasteiger partial charge in [0.1, 0.15) is 5.75 Å². The van der Waals surface area contributed by atoms with Crippen LogP contribution in [0.5, 0.6) is 5.75 Å². The number of piperazine rings is 1. The first-order valence-electron chi connectivity index (χ1n) is 7.48. The molecular weight excluding hydrogens is 312 g/mol. The number of methoxy groups -OCH3 is 1. The molecule has 1 saturated heterocycles. The van der Waals surface area contributed by atoms with E-state index < -0.39 is 10.0 Å². The van der Waals surface area contributed by atoms with Crippen LogP contribution in [0.15, 0.2) is 53.4 Å². The van der Waals surface area contributed by atoms with Gasteiger partial charge in [-0.15, -0.1) is 0 Å². The highest BCUT2D eigenvalue weighted by atomic mass is 32.2. The molecule has 0 N–H and O–H groups in total. The average molecular weight is 331 g/mol. The molecule has 1 aliphatic heterocycles. The van der Waals surface area contributed by atoms with Crippen molar-refractivity contribution < 1.29 is 13.2 Å². The number of sulfonamides is 1. The highest BCUT2D eigenvalue weighted by molar-refractivity contribution is 7.89. The van der Waals surface area contributed by atoms with Gasteiger partial charge in [-0.1, -0.05) is 30.3 Å². The zero-order valence-electron chi connectivity index (χ0n) is 13.0. The summed E-state index contributed by atoms with van der Waals surface area (Å²) in [5, 5.41) is 0. The second-order valence-electron chi connectivity index (χ2n) is 5.29. The third kappa shape index (κ3) is 3.18. The molecule has 0 saturated carbocycles. The van der Waals surface area contributed by atoms with Crippen LogP contribution >= 0.6 is 0 Å². The summed E-state index contributed by atoms with van der Waals surface area (Å²) in [6.07, 6.45) is 0. The Morgan fingerprint density at radius 1 is 1.00 bits per heavy atom. The van der Waals surface area contributed by atoms with Gasteiger partial charge in [-0.2, -0.15) is 4.31 Å². The standard InChI is InChI=1S/C17H19N2O3S/c1-22-17-10-6-5-9-16(17)18-11-13-19(14-12-18)23(20,21)15-7-3-2-4-8-15/h2-7,9-10H,11-14H2,1H3. The van der Waals surface area contributed by atoms with Crippen LogP contribution in [-0.4, -0.2) is 46.0 Å². The van der Waals surface area contributed by atoms with Gasteiger partial charge in [0.2, 0.25) is 10.0 Å². The number of anilines is 1. The first-order valence-corrected chi connectivity index (χ1v) is 8.92. The van der Waals surface area contributed by atoms with E-state index in [1.165, 1.54) is 4.31 Å². The second kappa shape index (κ2) is 6.60. The maximum absolute atomic E-state index is 12.6. The molecular formula is C17H19N2O3S. The minimum atomic E-state index is -3.46. The van der Waals surface area contributed by atoms with Crippen LogP contribution in [0, 0.1) is 6.07 Å². The molecule has 0 aromatic heterocycles. The molecule has 0 unspecified atom stereocenters. The Balaban J connectivity index is 1.74. The Bertz CT molecular complexity index is 754. The van der Waals surface area contributed by atoms with E-state index in [9.17, 15) is 8.42 Å². The van der Waals surface area contributed by atoms with Crippen LogP contribution in [0.1, 0.15) is 0 Å². The van der Waals surface area contributed by atoms with Gasteiger partial charge < -0.3 is 9.64 Å². The Kier molecular flexibility index (Phi) is 4.54. The summed E-state index contributed by atoms with van der Waals surface area (Å²) in [6.45, 7) is 2.16. The predicted octanol–water partition coefficient (Wildman–Crippen LogP) is 2.01. The second-order valence-corrected chi connectivity index (χ2v) is 7.20. The van der Waals surface area contributed by atoms with Crippen LogP contribution < -0.4 is 9.64 Å². The molecule has 0 amide bonds. The number of para-hydroxylation sites is 2. The van der Waals surface area contributed by atoms with Crippen LogP contribution in [0.2, 0.25) is 0 Å². The van der Waals surface area contributed by atoms with Crippen molar-refractivity contribution in [2.75, 3.05) is 38.2 Å². The van der Waals surface area contributed by atoms with E-state index in [0.29, 0.717) is 26.2 Å². The third-order valence-corrected chi connectivity index (χ3v) is 5.82. The molecule has 1 fully saturated rings. The Morgan fingerprint density at radius 3 is 2.35 bits per heavy atom. The monoisotopic (exact) mass is 331 g/mol. The van der Waals surface area contributed by atoms with E-state index >= 15 is 0 Å². The summed E-state index contributed by atoms with van der Waals surface area (Å²) in [6, 6.07) is 17.3. The number of ether oxygens (including phenoxy) is 1. The molecule has 1 aliphatic rings. The zero-order valence-corrected chi connectivity index (χ0v) is 13.8. The molecule has 6 heteroatoms. The maximum atomic E-state index is 12.6. The molecule has 0 spiro atoms. The first-order chi connectivity index (χ1) is 11.1. The highest BCUT2D eigenvalue weighted by Crippen LogP contribution is 2.29. The van der Waals surface area contributed by atoms with Crippen LogP contribution in [0.3, 0.4) is 0 Å². The Labute approximate surface area is 137 Å². The minimum Gasteiger partial charge on any atom is -0.495 e. The van der Waals surface area contributed by atoms with E-state index in [4.69, 9.17) is 4.74 Å². The van der Waals surface area contributed by atoms with E-state index in [2.05, 4.69) is 11.0 Å². The van der Waals surface area contributed by atoms with Crippen LogP contribution in [0.25, 0.3) is 0 Å². The van der Waals surface area contributed by atoms with Gasteiger partial charge in [0.15, 0.2) is 0 Å². The molecule has 3 rings (SSSR count). The number of rotatable bonds is 4. The molecule has 1 radical (unpaired) electrons. The van der Waals surface area contributed by atoms with Gasteiger partial charge in [-0.05, 0) is 18.2 Å². The molecule has 23 heavy (non-hydrogen) atoms. The molecule has 1 heterocycles. The molecule has 0 atom stereocenters. The fraction of sp³-hybridized carbons (Fsp3) is 0.294. The van der Waals surface area contributed by atoms with Gasteiger partial charge in [-0.25, -0.2) is 8.42 Å². The lowest BCUT2D eigenvalue weighted by Crippen LogP contribution is -2.48. The molecule has 0 aliphatic carbocycles. The average Bonchev–Trinajstić information content (AvgIpc) is 2.62. The van der Waals surface area contributed by atoms with Crippen molar-refractivity contribution in [2.24, 2.45) is 0 Å². The maximum Gasteiger partial charge on any atom is 0.243 e. The molecule has 121 valence electrons. The van der Waals surface area contributed by atoms with Gasteiger partial charge in [-0.3, -0.25) is 0 Å². The summed E-state index contributed by atoms with van der Waals surface area (Å²) in [4.78, 5) is 2.38.